The Balaban J connectivity index is 1.15. The number of carbonyl (C=O) groups excluding carboxylic acids is 1. The first-order valence-electron chi connectivity index (χ1n) is 13.4. The largest absolute Gasteiger partial charge is 0.497 e. The minimum absolute atomic E-state index is 0.130. The van der Waals surface area contributed by atoms with Gasteiger partial charge < -0.3 is 29.6 Å². The summed E-state index contributed by atoms with van der Waals surface area (Å²) >= 11 is 0. The third kappa shape index (κ3) is 5.92. The number of hydrogen-bond acceptors (Lipinski definition) is 4. The second kappa shape index (κ2) is 12.1. The predicted molar refractivity (Wildman–Crippen MR) is 156 cm³/mol. The molecule has 0 radical (unpaired) electrons. The number of nitrogens with one attached hydrogen (secondary N) is 2. The number of benzene rings is 2. The van der Waals surface area contributed by atoms with E-state index in [0.717, 1.165) is 44.3 Å². The van der Waals surface area contributed by atoms with Gasteiger partial charge in [0.05, 0.1) is 25.4 Å². The van der Waals surface area contributed by atoms with Crippen molar-refractivity contribution in [2.75, 3.05) is 39.2 Å². The van der Waals surface area contributed by atoms with Gasteiger partial charge in [0.25, 0.3) is 0 Å². The highest BCUT2D eigenvalue weighted by atomic mass is 16.5. The fourth-order valence-electron chi connectivity index (χ4n) is 5.40. The molecule has 1 fully saturated rings. The number of aryl methyl sites for hydroxylation is 2. The van der Waals surface area contributed by atoms with Crippen molar-refractivity contribution in [3.8, 4) is 11.5 Å². The van der Waals surface area contributed by atoms with Crippen LogP contribution in [0.4, 0.5) is 10.5 Å². The number of piperidine rings is 1. The van der Waals surface area contributed by atoms with Crippen LogP contribution < -0.4 is 20.1 Å². The number of para-hydroxylation sites is 1. The maximum Gasteiger partial charge on any atom is 0.321 e. The van der Waals surface area contributed by atoms with Crippen LogP contribution in [0.5, 0.6) is 11.5 Å². The van der Waals surface area contributed by atoms with Crippen molar-refractivity contribution in [2.45, 2.75) is 32.2 Å². The van der Waals surface area contributed by atoms with Gasteiger partial charge in [-0.2, -0.15) is 0 Å². The van der Waals surface area contributed by atoms with E-state index in [1.165, 1.54) is 22.7 Å². The van der Waals surface area contributed by atoms with Gasteiger partial charge in [-0.05, 0) is 49.3 Å². The minimum atomic E-state index is -0.130. The summed E-state index contributed by atoms with van der Waals surface area (Å²) < 4.78 is 13.0. The summed E-state index contributed by atoms with van der Waals surface area (Å²) in [5.41, 5.74) is 4.44. The fourth-order valence-corrected chi connectivity index (χ4v) is 5.40. The smallest absolute Gasteiger partial charge is 0.321 e. The normalized spacial score (nSPS) is 15.9. The zero-order chi connectivity index (χ0) is 27.2. The van der Waals surface area contributed by atoms with Crippen LogP contribution in [0.25, 0.3) is 10.9 Å². The Labute approximate surface area is 229 Å². The molecule has 9 nitrogen and oxygen atoms in total. The number of rotatable bonds is 7. The number of aliphatic imine (C=N–C) groups is 2. The van der Waals surface area contributed by atoms with E-state index < -0.39 is 0 Å². The molecule has 5 rings (SSSR count). The Kier molecular flexibility index (Phi) is 8.15. The van der Waals surface area contributed by atoms with E-state index >= 15 is 0 Å². The molecule has 3 aromatic rings. The SMILES string of the molecule is C=C/N=C(\N=C\c1cn2c3c(cccc13)CCC2)NCC1CCN(C(=O)Nc2ccc(OC)cc2OC)CC1. The molecular formula is C30H36N6O3. The zero-order valence-corrected chi connectivity index (χ0v) is 22.7. The Bertz CT molecular complexity index is 1400. The number of urea groups is 1. The number of guanidine groups is 1. The van der Waals surface area contributed by atoms with Crippen LogP contribution in [0.1, 0.15) is 30.4 Å². The number of amides is 2. The van der Waals surface area contributed by atoms with Gasteiger partial charge >= 0.3 is 6.03 Å². The van der Waals surface area contributed by atoms with E-state index in [2.05, 4.69) is 56.2 Å². The van der Waals surface area contributed by atoms with Gasteiger partial charge in [-0.3, -0.25) is 0 Å². The Morgan fingerprint density at radius 2 is 2.00 bits per heavy atom. The number of hydrogen-bond donors (Lipinski definition) is 2. The molecule has 9 heteroatoms. The van der Waals surface area contributed by atoms with Crippen molar-refractivity contribution in [3.63, 3.8) is 0 Å². The number of likely N-dealkylation sites (tertiary alicyclic amines) is 1. The molecule has 0 bridgehead atoms. The number of methoxy groups -OCH3 is 2. The van der Waals surface area contributed by atoms with Gasteiger partial charge in [0, 0.05) is 61.8 Å². The Morgan fingerprint density at radius 1 is 1.15 bits per heavy atom. The molecule has 2 aliphatic rings. The Hall–Kier alpha value is -4.27. The molecule has 0 saturated carbocycles. The maximum atomic E-state index is 12.9. The van der Waals surface area contributed by atoms with Crippen LogP contribution in [-0.2, 0) is 13.0 Å². The van der Waals surface area contributed by atoms with Gasteiger partial charge in [-0.1, -0.05) is 24.8 Å². The fraction of sp³-hybridized carbons (Fsp3) is 0.367. The second-order valence-corrected chi connectivity index (χ2v) is 9.90. The molecule has 2 amide bonds. The van der Waals surface area contributed by atoms with E-state index in [9.17, 15) is 4.79 Å². The van der Waals surface area contributed by atoms with Crippen LogP contribution in [0.15, 0.2) is 65.4 Å². The molecule has 2 N–H and O–H groups in total. The highest BCUT2D eigenvalue weighted by Crippen LogP contribution is 2.30. The standard InChI is InChI=1S/C30H36N6O3/c1-4-31-29(33-19-23-20-36-14-6-8-22-7-5-9-25(23)28(22)36)32-18-21-12-15-35(16-13-21)30(37)34-26-11-10-24(38-2)17-27(26)39-3/h4-5,7,9-11,17,19-21H,1,6,8,12-16,18H2,2-3H3,(H,31,32)(H,34,37)/b33-19+. The first-order chi connectivity index (χ1) is 19.1. The van der Waals surface area contributed by atoms with Crippen LogP contribution >= 0.6 is 0 Å². The number of nitrogens with zero attached hydrogens (tertiary/aromatic N) is 4. The lowest BCUT2D eigenvalue weighted by Crippen LogP contribution is -2.43. The van der Waals surface area contributed by atoms with Crippen molar-refractivity contribution in [1.29, 1.82) is 0 Å². The van der Waals surface area contributed by atoms with Crippen LogP contribution in [0.2, 0.25) is 0 Å². The third-order valence-corrected chi connectivity index (χ3v) is 7.50. The summed E-state index contributed by atoms with van der Waals surface area (Å²) in [6.07, 6.45) is 9.66. The first-order valence-corrected chi connectivity index (χ1v) is 13.4. The number of carbonyl (C=O) groups is 1. The lowest BCUT2D eigenvalue weighted by molar-refractivity contribution is 0.183. The van der Waals surface area contributed by atoms with E-state index in [1.807, 2.05) is 11.1 Å². The van der Waals surface area contributed by atoms with Crippen molar-refractivity contribution < 1.29 is 14.3 Å². The zero-order valence-electron chi connectivity index (χ0n) is 22.7. The van der Waals surface area contributed by atoms with E-state index in [0.29, 0.717) is 42.2 Å². The number of aromatic nitrogens is 1. The minimum Gasteiger partial charge on any atom is -0.497 e. The lowest BCUT2D eigenvalue weighted by Gasteiger charge is -2.32. The van der Waals surface area contributed by atoms with Crippen molar-refractivity contribution in [3.05, 3.63) is 66.5 Å². The summed E-state index contributed by atoms with van der Waals surface area (Å²) in [4.78, 5) is 23.7. The molecule has 3 heterocycles. The molecule has 0 unspecified atom stereocenters. The van der Waals surface area contributed by atoms with Crippen LogP contribution in [0.3, 0.4) is 0 Å². The molecule has 1 saturated heterocycles. The molecule has 0 spiro atoms. The topological polar surface area (TPSA) is 92.5 Å². The highest BCUT2D eigenvalue weighted by molar-refractivity contribution is 6.04. The molecule has 204 valence electrons. The van der Waals surface area contributed by atoms with Gasteiger partial charge in [-0.25, -0.2) is 14.8 Å². The highest BCUT2D eigenvalue weighted by Gasteiger charge is 2.24. The van der Waals surface area contributed by atoms with Crippen molar-refractivity contribution in [1.82, 2.24) is 14.8 Å². The van der Waals surface area contributed by atoms with Crippen molar-refractivity contribution in [2.24, 2.45) is 15.9 Å². The molecule has 0 aliphatic carbocycles. The molecule has 0 atom stereocenters. The summed E-state index contributed by atoms with van der Waals surface area (Å²) in [6, 6.07) is 11.7. The average Bonchev–Trinajstić information content (AvgIpc) is 3.34. The molecule has 2 aromatic carbocycles. The average molecular weight is 529 g/mol. The first kappa shape index (κ1) is 26.3. The van der Waals surface area contributed by atoms with Gasteiger partial charge in [0.1, 0.15) is 11.5 Å². The maximum absolute atomic E-state index is 12.9. The summed E-state index contributed by atoms with van der Waals surface area (Å²) in [5.74, 6) is 2.19. The van der Waals surface area contributed by atoms with Gasteiger partial charge in [-0.15, -0.1) is 0 Å². The lowest BCUT2D eigenvalue weighted by atomic mass is 9.97. The van der Waals surface area contributed by atoms with Crippen LogP contribution in [0, 0.1) is 5.92 Å². The summed E-state index contributed by atoms with van der Waals surface area (Å²) in [6.45, 7) is 6.88. The third-order valence-electron chi connectivity index (χ3n) is 7.50. The van der Waals surface area contributed by atoms with Gasteiger partial charge in [0.2, 0.25) is 5.96 Å². The summed E-state index contributed by atoms with van der Waals surface area (Å²) in [5, 5.41) is 7.58. The van der Waals surface area contributed by atoms with E-state index in [4.69, 9.17) is 9.47 Å². The molecule has 39 heavy (non-hydrogen) atoms. The number of anilines is 1. The monoisotopic (exact) mass is 528 g/mol. The van der Waals surface area contributed by atoms with Crippen molar-refractivity contribution >= 4 is 34.8 Å². The molecule has 2 aliphatic heterocycles. The Morgan fingerprint density at radius 3 is 2.77 bits per heavy atom. The molecule has 1 aromatic heterocycles. The van der Waals surface area contributed by atoms with Crippen LogP contribution in [-0.4, -0.2) is 61.5 Å². The van der Waals surface area contributed by atoms with E-state index in [1.54, 1.807) is 32.4 Å². The quantitative estimate of drug-likeness (QED) is 0.331. The van der Waals surface area contributed by atoms with Gasteiger partial charge in [0.15, 0.2) is 0 Å². The second-order valence-electron chi connectivity index (χ2n) is 9.90. The number of ether oxygens (including phenoxy) is 2. The summed E-state index contributed by atoms with van der Waals surface area (Å²) in [7, 11) is 3.17. The van der Waals surface area contributed by atoms with E-state index in [-0.39, 0.29) is 6.03 Å². The predicted octanol–water partition coefficient (Wildman–Crippen LogP) is 5.06. The molecular weight excluding hydrogens is 492 g/mol.